The highest BCUT2D eigenvalue weighted by Crippen LogP contribution is 2.34. The molecule has 1 aliphatic carbocycles. The first-order valence-corrected chi connectivity index (χ1v) is 9.05. The Bertz CT molecular complexity index is 748. The summed E-state index contributed by atoms with van der Waals surface area (Å²) in [4.78, 5) is 12.7. The lowest BCUT2D eigenvalue weighted by Gasteiger charge is -2.19. The Morgan fingerprint density at radius 2 is 1.84 bits per heavy atom. The van der Waals surface area contributed by atoms with Crippen LogP contribution in [-0.2, 0) is 0 Å². The highest BCUT2D eigenvalue weighted by Gasteiger charge is 2.21. The van der Waals surface area contributed by atoms with E-state index in [-0.39, 0.29) is 11.9 Å². The van der Waals surface area contributed by atoms with E-state index in [1.165, 1.54) is 25.7 Å². The number of aromatic amines is 1. The minimum atomic E-state index is -0.0643. The number of H-pyrrole nitrogens is 1. The predicted octanol–water partition coefficient (Wildman–Crippen LogP) is 3.30. The van der Waals surface area contributed by atoms with E-state index in [9.17, 15) is 4.79 Å². The number of carbonyl (C=O) groups excluding carboxylic acids is 1. The number of ether oxygens (including phenoxy) is 2. The van der Waals surface area contributed by atoms with Crippen molar-refractivity contribution in [3.63, 3.8) is 0 Å². The molecular formula is C19H23N3O3. The Morgan fingerprint density at radius 1 is 1.08 bits per heavy atom. The van der Waals surface area contributed by atoms with Gasteiger partial charge >= 0.3 is 0 Å². The number of amides is 1. The number of rotatable bonds is 3. The molecule has 1 aromatic carbocycles. The third-order valence-corrected chi connectivity index (χ3v) is 4.91. The standard InChI is InChI=1S/C19H23N3O3/c23-19(21-14-5-3-1-2-4-6-14)15-12-20-22-18(15)13-7-8-16-17(11-13)25-10-9-24-16/h7-8,11-12,14H,1-6,9-10H2,(H,20,22)(H,21,23). The van der Waals surface area contributed by atoms with Crippen molar-refractivity contribution < 1.29 is 14.3 Å². The van der Waals surface area contributed by atoms with Gasteiger partial charge in [0.05, 0.1) is 17.5 Å². The Balaban J connectivity index is 1.54. The van der Waals surface area contributed by atoms with Crippen LogP contribution in [0.25, 0.3) is 11.3 Å². The second kappa shape index (κ2) is 7.17. The van der Waals surface area contributed by atoms with Crippen molar-refractivity contribution in [2.45, 2.75) is 44.6 Å². The number of nitrogens with zero attached hydrogens (tertiary/aromatic N) is 1. The van der Waals surface area contributed by atoms with Crippen LogP contribution in [0.2, 0.25) is 0 Å². The molecule has 0 atom stereocenters. The first kappa shape index (κ1) is 16.0. The summed E-state index contributed by atoms with van der Waals surface area (Å²) >= 11 is 0. The van der Waals surface area contributed by atoms with E-state index < -0.39 is 0 Å². The van der Waals surface area contributed by atoms with E-state index in [2.05, 4.69) is 15.5 Å². The average Bonchev–Trinajstić information content (AvgIpc) is 3.00. The molecule has 1 fully saturated rings. The van der Waals surface area contributed by atoms with Crippen molar-refractivity contribution in [3.8, 4) is 22.8 Å². The fraction of sp³-hybridized carbons (Fsp3) is 0.474. The maximum Gasteiger partial charge on any atom is 0.255 e. The molecule has 0 spiro atoms. The highest BCUT2D eigenvalue weighted by molar-refractivity contribution is 6.00. The summed E-state index contributed by atoms with van der Waals surface area (Å²) in [7, 11) is 0. The van der Waals surface area contributed by atoms with Gasteiger partial charge in [-0.2, -0.15) is 5.10 Å². The lowest BCUT2D eigenvalue weighted by atomic mass is 10.1. The summed E-state index contributed by atoms with van der Waals surface area (Å²) in [6, 6.07) is 5.95. The number of benzene rings is 1. The normalized spacial score (nSPS) is 17.8. The van der Waals surface area contributed by atoms with Crippen molar-refractivity contribution in [2.24, 2.45) is 0 Å². The quantitative estimate of drug-likeness (QED) is 0.840. The van der Waals surface area contributed by atoms with E-state index in [1.54, 1.807) is 6.20 Å². The number of fused-ring (bicyclic) bond motifs is 1. The fourth-order valence-electron chi connectivity index (χ4n) is 3.56. The van der Waals surface area contributed by atoms with Crippen LogP contribution in [0.4, 0.5) is 0 Å². The molecule has 1 aliphatic heterocycles. The molecule has 6 nitrogen and oxygen atoms in total. The molecule has 0 bridgehead atoms. The maximum absolute atomic E-state index is 12.7. The number of hydrogen-bond donors (Lipinski definition) is 2. The van der Waals surface area contributed by atoms with Crippen LogP contribution in [0.1, 0.15) is 48.9 Å². The lowest BCUT2D eigenvalue weighted by Crippen LogP contribution is -2.34. The van der Waals surface area contributed by atoms with Crippen LogP contribution in [-0.4, -0.2) is 35.4 Å². The molecule has 6 heteroatoms. The van der Waals surface area contributed by atoms with Crippen molar-refractivity contribution in [1.29, 1.82) is 0 Å². The maximum atomic E-state index is 12.7. The van der Waals surface area contributed by atoms with Gasteiger partial charge in [-0.1, -0.05) is 25.7 Å². The number of hydrogen-bond acceptors (Lipinski definition) is 4. The van der Waals surface area contributed by atoms with E-state index in [4.69, 9.17) is 9.47 Å². The van der Waals surface area contributed by atoms with E-state index in [0.717, 1.165) is 24.2 Å². The van der Waals surface area contributed by atoms with Crippen LogP contribution in [0.5, 0.6) is 11.5 Å². The first-order valence-electron chi connectivity index (χ1n) is 9.05. The van der Waals surface area contributed by atoms with Crippen molar-refractivity contribution in [2.75, 3.05) is 13.2 Å². The topological polar surface area (TPSA) is 76.2 Å². The van der Waals surface area contributed by atoms with Crippen LogP contribution >= 0.6 is 0 Å². The molecule has 2 heterocycles. The van der Waals surface area contributed by atoms with Gasteiger partial charge in [-0.3, -0.25) is 9.89 Å². The second-order valence-corrected chi connectivity index (χ2v) is 6.68. The van der Waals surface area contributed by atoms with E-state index >= 15 is 0 Å². The molecular weight excluding hydrogens is 318 g/mol. The summed E-state index contributed by atoms with van der Waals surface area (Å²) in [5.74, 6) is 1.37. The number of nitrogens with one attached hydrogen (secondary N) is 2. The minimum absolute atomic E-state index is 0.0643. The summed E-state index contributed by atoms with van der Waals surface area (Å²) in [5, 5.41) is 10.2. The Hall–Kier alpha value is -2.50. The highest BCUT2D eigenvalue weighted by atomic mass is 16.6. The van der Waals surface area contributed by atoms with Crippen LogP contribution < -0.4 is 14.8 Å². The molecule has 1 amide bonds. The van der Waals surface area contributed by atoms with Crippen LogP contribution in [0.3, 0.4) is 0 Å². The third kappa shape index (κ3) is 3.48. The van der Waals surface area contributed by atoms with Crippen LogP contribution in [0, 0.1) is 0 Å². The molecule has 2 aromatic rings. The van der Waals surface area contributed by atoms with Gasteiger partial charge in [-0.25, -0.2) is 0 Å². The first-order chi connectivity index (χ1) is 12.3. The summed E-state index contributed by atoms with van der Waals surface area (Å²) in [5.41, 5.74) is 2.15. The molecule has 132 valence electrons. The minimum Gasteiger partial charge on any atom is -0.486 e. The summed E-state index contributed by atoms with van der Waals surface area (Å²) in [6.07, 6.45) is 8.61. The molecule has 0 radical (unpaired) electrons. The zero-order valence-electron chi connectivity index (χ0n) is 14.2. The predicted molar refractivity (Wildman–Crippen MR) is 94.0 cm³/mol. The second-order valence-electron chi connectivity index (χ2n) is 6.68. The van der Waals surface area contributed by atoms with Gasteiger partial charge in [0.25, 0.3) is 5.91 Å². The third-order valence-electron chi connectivity index (χ3n) is 4.91. The average molecular weight is 341 g/mol. The molecule has 2 N–H and O–H groups in total. The van der Waals surface area contributed by atoms with E-state index in [1.807, 2.05) is 18.2 Å². The van der Waals surface area contributed by atoms with Crippen molar-refractivity contribution in [1.82, 2.24) is 15.5 Å². The molecule has 4 rings (SSSR count). The van der Waals surface area contributed by atoms with Gasteiger partial charge in [0, 0.05) is 11.6 Å². The molecule has 1 saturated carbocycles. The van der Waals surface area contributed by atoms with Gasteiger partial charge in [0.2, 0.25) is 0 Å². The van der Waals surface area contributed by atoms with Gasteiger partial charge in [-0.05, 0) is 31.0 Å². The van der Waals surface area contributed by atoms with Gasteiger partial charge in [-0.15, -0.1) is 0 Å². The van der Waals surface area contributed by atoms with E-state index in [0.29, 0.717) is 30.2 Å². The van der Waals surface area contributed by atoms with Gasteiger partial charge in [0.15, 0.2) is 11.5 Å². The Morgan fingerprint density at radius 3 is 2.64 bits per heavy atom. The molecule has 25 heavy (non-hydrogen) atoms. The zero-order chi connectivity index (χ0) is 17.1. The SMILES string of the molecule is O=C(NC1CCCCCC1)c1cn[nH]c1-c1ccc2c(c1)OCCO2. The molecule has 1 aromatic heterocycles. The molecule has 0 unspecified atom stereocenters. The molecule has 0 saturated heterocycles. The summed E-state index contributed by atoms with van der Waals surface area (Å²) in [6.45, 7) is 1.10. The fourth-order valence-corrected chi connectivity index (χ4v) is 3.56. The molecule has 2 aliphatic rings. The Labute approximate surface area is 146 Å². The van der Waals surface area contributed by atoms with Gasteiger partial charge in [0.1, 0.15) is 13.2 Å². The van der Waals surface area contributed by atoms with Crippen molar-refractivity contribution in [3.05, 3.63) is 30.0 Å². The lowest BCUT2D eigenvalue weighted by molar-refractivity contribution is 0.0934. The van der Waals surface area contributed by atoms with Crippen molar-refractivity contribution >= 4 is 5.91 Å². The number of carbonyl (C=O) groups is 1. The van der Waals surface area contributed by atoms with Gasteiger partial charge < -0.3 is 14.8 Å². The number of aromatic nitrogens is 2. The van der Waals surface area contributed by atoms with Crippen LogP contribution in [0.15, 0.2) is 24.4 Å². The summed E-state index contributed by atoms with van der Waals surface area (Å²) < 4.78 is 11.2. The Kier molecular flexibility index (Phi) is 4.59. The largest absolute Gasteiger partial charge is 0.486 e. The smallest absolute Gasteiger partial charge is 0.255 e. The zero-order valence-corrected chi connectivity index (χ0v) is 14.2. The monoisotopic (exact) mass is 341 g/mol.